The second-order valence-electron chi connectivity index (χ2n) is 5.90. The Bertz CT molecular complexity index is 610. The van der Waals surface area contributed by atoms with Gasteiger partial charge in [0.15, 0.2) is 0 Å². The van der Waals surface area contributed by atoms with E-state index >= 15 is 0 Å². The molecule has 0 saturated carbocycles. The lowest BCUT2D eigenvalue weighted by atomic mass is 10.1. The van der Waals surface area contributed by atoms with Crippen LogP contribution >= 0.6 is 0 Å². The van der Waals surface area contributed by atoms with Crippen molar-refractivity contribution in [2.24, 2.45) is 13.0 Å². The Morgan fingerprint density at radius 3 is 3.00 bits per heavy atom. The summed E-state index contributed by atoms with van der Waals surface area (Å²) in [6.07, 6.45) is 4.98. The molecule has 1 atom stereocenters. The summed E-state index contributed by atoms with van der Waals surface area (Å²) in [6.45, 7) is 4.09. The number of ether oxygens (including phenoxy) is 1. The first-order valence-corrected chi connectivity index (χ1v) is 7.82. The summed E-state index contributed by atoms with van der Waals surface area (Å²) in [5.41, 5.74) is 2.43. The van der Waals surface area contributed by atoms with Crippen LogP contribution in [0.1, 0.15) is 12.1 Å². The number of anilines is 1. The molecule has 5 heteroatoms. The number of aromatic nitrogens is 2. The number of aryl methyl sites for hydroxylation is 1. The Kier molecular flexibility index (Phi) is 4.63. The van der Waals surface area contributed by atoms with E-state index in [0.717, 1.165) is 31.9 Å². The van der Waals surface area contributed by atoms with Crippen molar-refractivity contribution in [1.82, 2.24) is 14.9 Å². The second kappa shape index (κ2) is 6.83. The molecule has 0 spiro atoms. The van der Waals surface area contributed by atoms with E-state index in [1.807, 2.05) is 31.7 Å². The highest BCUT2D eigenvalue weighted by Crippen LogP contribution is 2.31. The number of benzene rings is 1. The minimum Gasteiger partial charge on any atom is -0.495 e. The van der Waals surface area contributed by atoms with Crippen LogP contribution in [0.3, 0.4) is 0 Å². The molecule has 0 amide bonds. The lowest BCUT2D eigenvalue weighted by Gasteiger charge is -2.21. The molecule has 2 heterocycles. The Balaban J connectivity index is 1.51. The number of nitrogens with one attached hydrogen (secondary N) is 1. The molecule has 3 rings (SSSR count). The maximum absolute atomic E-state index is 5.47. The maximum atomic E-state index is 5.47. The predicted molar refractivity (Wildman–Crippen MR) is 88.2 cm³/mol. The van der Waals surface area contributed by atoms with Gasteiger partial charge in [-0.25, -0.2) is 4.98 Å². The molecule has 1 aliphatic rings. The van der Waals surface area contributed by atoms with E-state index in [1.165, 1.54) is 17.8 Å². The van der Waals surface area contributed by atoms with Gasteiger partial charge in [-0.1, -0.05) is 12.1 Å². The largest absolute Gasteiger partial charge is 0.495 e. The lowest BCUT2D eigenvalue weighted by molar-refractivity contribution is 0.414. The van der Waals surface area contributed by atoms with Gasteiger partial charge in [0.05, 0.1) is 24.8 Å². The van der Waals surface area contributed by atoms with Gasteiger partial charge in [-0.05, 0) is 24.5 Å². The second-order valence-corrected chi connectivity index (χ2v) is 5.90. The Labute approximate surface area is 131 Å². The molecule has 1 aromatic heterocycles. The molecule has 0 radical (unpaired) electrons. The van der Waals surface area contributed by atoms with E-state index in [1.54, 1.807) is 7.11 Å². The van der Waals surface area contributed by atoms with Crippen LogP contribution in [0, 0.1) is 5.92 Å². The highest BCUT2D eigenvalue weighted by atomic mass is 16.5. The van der Waals surface area contributed by atoms with Crippen molar-refractivity contribution in [3.05, 3.63) is 42.5 Å². The summed E-state index contributed by atoms with van der Waals surface area (Å²) in [7, 11) is 3.77. The number of hydrogen-bond donors (Lipinski definition) is 1. The summed E-state index contributed by atoms with van der Waals surface area (Å²) in [4.78, 5) is 6.57. The average Bonchev–Trinajstić information content (AvgIpc) is 3.17. The van der Waals surface area contributed by atoms with Crippen LogP contribution in [0.2, 0.25) is 0 Å². The van der Waals surface area contributed by atoms with Gasteiger partial charge in [-0.15, -0.1) is 0 Å². The van der Waals surface area contributed by atoms with Gasteiger partial charge in [-0.2, -0.15) is 0 Å². The fourth-order valence-electron chi connectivity index (χ4n) is 3.07. The van der Waals surface area contributed by atoms with Gasteiger partial charge in [0, 0.05) is 39.4 Å². The van der Waals surface area contributed by atoms with Crippen molar-refractivity contribution in [1.29, 1.82) is 0 Å². The van der Waals surface area contributed by atoms with Crippen LogP contribution in [0.4, 0.5) is 5.69 Å². The maximum Gasteiger partial charge on any atom is 0.142 e. The van der Waals surface area contributed by atoms with Gasteiger partial charge >= 0.3 is 0 Å². The van der Waals surface area contributed by atoms with Crippen molar-refractivity contribution < 1.29 is 4.74 Å². The monoisotopic (exact) mass is 300 g/mol. The first-order valence-electron chi connectivity index (χ1n) is 7.82. The smallest absolute Gasteiger partial charge is 0.142 e. The SMILES string of the molecule is COc1ccccc1N1CC[C@H](CNCc2cncn2C)C1. The fourth-order valence-corrected chi connectivity index (χ4v) is 3.07. The molecule has 0 unspecified atom stereocenters. The zero-order chi connectivity index (χ0) is 15.4. The third-order valence-corrected chi connectivity index (χ3v) is 4.37. The number of imidazole rings is 1. The van der Waals surface area contributed by atoms with E-state index in [9.17, 15) is 0 Å². The Hall–Kier alpha value is -2.01. The zero-order valence-electron chi connectivity index (χ0n) is 13.3. The molecule has 1 N–H and O–H groups in total. The van der Waals surface area contributed by atoms with Crippen LogP contribution < -0.4 is 15.0 Å². The minimum absolute atomic E-state index is 0.679. The first kappa shape index (κ1) is 14.9. The molecule has 0 bridgehead atoms. The third-order valence-electron chi connectivity index (χ3n) is 4.37. The number of hydrogen-bond acceptors (Lipinski definition) is 4. The zero-order valence-corrected chi connectivity index (χ0v) is 13.3. The molecule has 118 valence electrons. The third kappa shape index (κ3) is 3.25. The van der Waals surface area contributed by atoms with Crippen LogP contribution in [0.15, 0.2) is 36.8 Å². The summed E-state index contributed by atoms with van der Waals surface area (Å²) in [6, 6.07) is 8.27. The molecule has 5 nitrogen and oxygen atoms in total. The van der Waals surface area contributed by atoms with Gasteiger partial charge in [-0.3, -0.25) is 0 Å². The fraction of sp³-hybridized carbons (Fsp3) is 0.471. The first-order chi connectivity index (χ1) is 10.8. The van der Waals surface area contributed by atoms with Crippen molar-refractivity contribution in [2.45, 2.75) is 13.0 Å². The van der Waals surface area contributed by atoms with E-state index in [4.69, 9.17) is 4.74 Å². The van der Waals surface area contributed by atoms with Gasteiger partial charge < -0.3 is 19.5 Å². The molecule has 22 heavy (non-hydrogen) atoms. The highest BCUT2D eigenvalue weighted by molar-refractivity contribution is 5.59. The van der Waals surface area contributed by atoms with Crippen molar-refractivity contribution in [3.63, 3.8) is 0 Å². The molecule has 1 aromatic carbocycles. The number of methoxy groups -OCH3 is 1. The normalized spacial score (nSPS) is 17.9. The molecule has 1 fully saturated rings. The van der Waals surface area contributed by atoms with Gasteiger partial charge in [0.1, 0.15) is 5.75 Å². The molecule has 0 aliphatic carbocycles. The number of para-hydroxylation sites is 2. The Morgan fingerprint density at radius 1 is 1.36 bits per heavy atom. The Morgan fingerprint density at radius 2 is 2.23 bits per heavy atom. The molecule has 2 aromatic rings. The molecular formula is C17H24N4O. The van der Waals surface area contributed by atoms with E-state index < -0.39 is 0 Å². The highest BCUT2D eigenvalue weighted by Gasteiger charge is 2.24. The van der Waals surface area contributed by atoms with Crippen LogP contribution in [-0.2, 0) is 13.6 Å². The van der Waals surface area contributed by atoms with Crippen molar-refractivity contribution >= 4 is 5.69 Å². The lowest BCUT2D eigenvalue weighted by Crippen LogP contribution is -2.26. The van der Waals surface area contributed by atoms with E-state index in [2.05, 4.69) is 31.9 Å². The summed E-state index contributed by atoms with van der Waals surface area (Å²) in [5, 5.41) is 3.55. The van der Waals surface area contributed by atoms with E-state index in [-0.39, 0.29) is 0 Å². The van der Waals surface area contributed by atoms with Crippen LogP contribution in [0.25, 0.3) is 0 Å². The van der Waals surface area contributed by atoms with E-state index in [0.29, 0.717) is 5.92 Å². The van der Waals surface area contributed by atoms with Gasteiger partial charge in [0.2, 0.25) is 0 Å². The molecular weight excluding hydrogens is 276 g/mol. The average molecular weight is 300 g/mol. The molecule has 1 aliphatic heterocycles. The topological polar surface area (TPSA) is 42.3 Å². The number of nitrogens with zero attached hydrogens (tertiary/aromatic N) is 3. The summed E-state index contributed by atoms with van der Waals surface area (Å²) in [5.74, 6) is 1.64. The van der Waals surface area contributed by atoms with Crippen LogP contribution in [-0.4, -0.2) is 36.3 Å². The van der Waals surface area contributed by atoms with Crippen LogP contribution in [0.5, 0.6) is 5.75 Å². The quantitative estimate of drug-likeness (QED) is 0.886. The molecule has 1 saturated heterocycles. The summed E-state index contributed by atoms with van der Waals surface area (Å²) < 4.78 is 7.53. The minimum atomic E-state index is 0.679. The summed E-state index contributed by atoms with van der Waals surface area (Å²) >= 11 is 0. The predicted octanol–water partition coefficient (Wildman–Crippen LogP) is 2.04. The standard InChI is InChI=1S/C17H24N4O/c1-20-13-19-11-15(20)10-18-9-14-7-8-21(12-14)16-5-3-4-6-17(16)22-2/h3-6,11,13-14,18H,7-10,12H2,1-2H3/t14-/m1/s1. The van der Waals surface area contributed by atoms with Crippen molar-refractivity contribution in [3.8, 4) is 5.75 Å². The number of rotatable bonds is 6. The van der Waals surface area contributed by atoms with Crippen molar-refractivity contribution in [2.75, 3.05) is 31.6 Å². The van der Waals surface area contributed by atoms with Gasteiger partial charge in [0.25, 0.3) is 0 Å².